The van der Waals surface area contributed by atoms with Crippen LogP contribution in [0.5, 0.6) is 0 Å². The fourth-order valence-corrected chi connectivity index (χ4v) is 3.47. The molecule has 2 aliphatic heterocycles. The summed E-state index contributed by atoms with van der Waals surface area (Å²) in [4.78, 5) is 11.9. The number of nitrogens with one attached hydrogen (secondary N) is 2. The second-order valence-corrected chi connectivity index (χ2v) is 7.53. The normalized spacial score (nSPS) is 18.1. The van der Waals surface area contributed by atoms with Gasteiger partial charge in [0.05, 0.1) is 25.0 Å². The maximum atomic E-state index is 14.1. The van der Waals surface area contributed by atoms with Crippen molar-refractivity contribution in [3.8, 4) is 0 Å². The van der Waals surface area contributed by atoms with Gasteiger partial charge < -0.3 is 20.0 Å². The molecule has 0 spiro atoms. The predicted octanol–water partition coefficient (Wildman–Crippen LogP) is 2.47. The van der Waals surface area contributed by atoms with E-state index in [2.05, 4.69) is 25.9 Å². The first-order chi connectivity index (χ1) is 15.9. The molecule has 0 amide bonds. The number of alkyl halides is 3. The molecule has 0 atom stereocenters. The molecule has 2 N–H and O–H groups in total. The molecule has 0 unspecified atom stereocenters. The molecule has 178 valence electrons. The maximum Gasteiger partial charge on any atom is 0.416 e. The molecule has 0 aliphatic carbocycles. The summed E-state index contributed by atoms with van der Waals surface area (Å²) in [5.74, 6) is -0.116. The number of halogens is 4. The van der Waals surface area contributed by atoms with Gasteiger partial charge in [-0.05, 0) is 18.2 Å². The van der Waals surface area contributed by atoms with E-state index >= 15 is 0 Å². The first-order valence-corrected chi connectivity index (χ1v) is 10.5. The van der Waals surface area contributed by atoms with Gasteiger partial charge in [0.1, 0.15) is 6.34 Å². The lowest BCUT2D eigenvalue weighted by Gasteiger charge is -2.34. The molecule has 2 aliphatic rings. The second-order valence-electron chi connectivity index (χ2n) is 7.53. The second kappa shape index (κ2) is 10.2. The molecule has 2 fully saturated rings. The Balaban J connectivity index is 1.26. The third-order valence-corrected chi connectivity index (χ3v) is 5.21. The Kier molecular flexibility index (Phi) is 7.08. The van der Waals surface area contributed by atoms with E-state index in [1.54, 1.807) is 17.3 Å². The van der Waals surface area contributed by atoms with Crippen molar-refractivity contribution in [2.45, 2.75) is 6.18 Å². The first-order valence-electron chi connectivity index (χ1n) is 10.5. The quantitative estimate of drug-likeness (QED) is 0.290. The average molecular weight is 468 g/mol. The van der Waals surface area contributed by atoms with Crippen molar-refractivity contribution in [3.63, 3.8) is 0 Å². The zero-order chi connectivity index (χ0) is 23.3. The standard InChI is InChI=1S/C20H24F4N8O/c21-17-13-25-19(27-18(17)31-8-10-33-11-9-31)28-26-14-30-4-6-32(7-5-30)29-16-3-1-2-15(12-16)20(22,23)24/h1-3,12-14,29H,4-11H2,(H,25,27,28)/b26-14+. The van der Waals surface area contributed by atoms with Crippen LogP contribution in [0.15, 0.2) is 35.6 Å². The Bertz CT molecular complexity index is 959. The summed E-state index contributed by atoms with van der Waals surface area (Å²) in [7, 11) is 0. The van der Waals surface area contributed by atoms with Gasteiger partial charge in [0.2, 0.25) is 5.95 Å². The lowest BCUT2D eigenvalue weighted by molar-refractivity contribution is -0.137. The lowest BCUT2D eigenvalue weighted by atomic mass is 10.2. The van der Waals surface area contributed by atoms with Crippen molar-refractivity contribution in [1.82, 2.24) is 19.9 Å². The fourth-order valence-electron chi connectivity index (χ4n) is 3.47. The summed E-state index contributed by atoms with van der Waals surface area (Å²) < 4.78 is 58.0. The van der Waals surface area contributed by atoms with E-state index in [1.807, 2.05) is 9.91 Å². The number of benzene rings is 1. The van der Waals surface area contributed by atoms with Gasteiger partial charge in [-0.1, -0.05) is 6.07 Å². The van der Waals surface area contributed by atoms with Crippen LogP contribution in [0.3, 0.4) is 0 Å². The van der Waals surface area contributed by atoms with Crippen molar-refractivity contribution >= 4 is 23.8 Å². The Morgan fingerprint density at radius 3 is 2.55 bits per heavy atom. The number of hydrogen-bond donors (Lipinski definition) is 2. The molecule has 33 heavy (non-hydrogen) atoms. The van der Waals surface area contributed by atoms with Crippen LogP contribution < -0.4 is 15.8 Å². The fraction of sp³-hybridized carbons (Fsp3) is 0.450. The Hall–Kier alpha value is -3.19. The van der Waals surface area contributed by atoms with Gasteiger partial charge in [0.15, 0.2) is 11.6 Å². The molecule has 2 saturated heterocycles. The van der Waals surface area contributed by atoms with Gasteiger partial charge in [0, 0.05) is 45.0 Å². The van der Waals surface area contributed by atoms with Crippen molar-refractivity contribution in [2.24, 2.45) is 5.10 Å². The van der Waals surface area contributed by atoms with Crippen LogP contribution in [-0.4, -0.2) is 78.7 Å². The van der Waals surface area contributed by atoms with Gasteiger partial charge in [-0.15, -0.1) is 0 Å². The zero-order valence-electron chi connectivity index (χ0n) is 17.7. The van der Waals surface area contributed by atoms with Gasteiger partial charge in [0.25, 0.3) is 0 Å². The van der Waals surface area contributed by atoms with Crippen molar-refractivity contribution in [1.29, 1.82) is 0 Å². The Morgan fingerprint density at radius 1 is 1.06 bits per heavy atom. The number of morpholine rings is 1. The summed E-state index contributed by atoms with van der Waals surface area (Å²) in [6.07, 6.45) is -1.67. The molecular formula is C20H24F4N8O. The van der Waals surface area contributed by atoms with Crippen LogP contribution in [-0.2, 0) is 10.9 Å². The van der Waals surface area contributed by atoms with Crippen LogP contribution >= 0.6 is 0 Å². The molecule has 0 bridgehead atoms. The van der Waals surface area contributed by atoms with E-state index in [9.17, 15) is 17.6 Å². The molecule has 1 aromatic carbocycles. The highest BCUT2D eigenvalue weighted by Crippen LogP contribution is 2.30. The van der Waals surface area contributed by atoms with Crippen molar-refractivity contribution < 1.29 is 22.3 Å². The van der Waals surface area contributed by atoms with Crippen LogP contribution in [0, 0.1) is 5.82 Å². The number of aromatic nitrogens is 2. The number of rotatable bonds is 6. The smallest absolute Gasteiger partial charge is 0.378 e. The summed E-state index contributed by atoms with van der Waals surface area (Å²) in [6.45, 7) is 4.51. The molecule has 1 aromatic heterocycles. The summed E-state index contributed by atoms with van der Waals surface area (Å²) >= 11 is 0. The van der Waals surface area contributed by atoms with Gasteiger partial charge in [-0.2, -0.15) is 23.3 Å². The number of hydrogen-bond acceptors (Lipinski definition) is 8. The van der Waals surface area contributed by atoms with E-state index in [0.717, 1.165) is 18.3 Å². The summed E-state index contributed by atoms with van der Waals surface area (Å²) in [5.41, 5.74) is 5.43. The largest absolute Gasteiger partial charge is 0.416 e. The third kappa shape index (κ3) is 6.20. The number of anilines is 3. The third-order valence-electron chi connectivity index (χ3n) is 5.21. The minimum Gasteiger partial charge on any atom is -0.378 e. The van der Waals surface area contributed by atoms with E-state index in [0.29, 0.717) is 58.2 Å². The topological polar surface area (TPSA) is 81.2 Å². The molecule has 0 saturated carbocycles. The average Bonchev–Trinajstić information content (AvgIpc) is 2.81. The Labute approximate surface area is 188 Å². The first kappa shape index (κ1) is 23.0. The van der Waals surface area contributed by atoms with Crippen LogP contribution in [0.25, 0.3) is 0 Å². The van der Waals surface area contributed by atoms with E-state index in [4.69, 9.17) is 4.74 Å². The molecule has 13 heteroatoms. The van der Waals surface area contributed by atoms with Crippen LogP contribution in [0.2, 0.25) is 0 Å². The Morgan fingerprint density at radius 2 is 1.82 bits per heavy atom. The molecule has 9 nitrogen and oxygen atoms in total. The van der Waals surface area contributed by atoms with Crippen molar-refractivity contribution in [2.75, 3.05) is 68.2 Å². The minimum atomic E-state index is -4.38. The minimum absolute atomic E-state index is 0.180. The SMILES string of the molecule is Fc1cnc(N/N=C/N2CCN(Nc3cccc(C(F)(F)F)c3)CC2)nc1N1CCOCC1. The van der Waals surface area contributed by atoms with E-state index in [-0.39, 0.29) is 11.8 Å². The molecular weight excluding hydrogens is 444 g/mol. The zero-order valence-corrected chi connectivity index (χ0v) is 17.7. The monoisotopic (exact) mass is 468 g/mol. The van der Waals surface area contributed by atoms with Gasteiger partial charge in [-0.3, -0.25) is 0 Å². The number of hydrazine groups is 1. The van der Waals surface area contributed by atoms with E-state index < -0.39 is 17.6 Å². The number of ether oxygens (including phenoxy) is 1. The molecule has 4 rings (SSSR count). The predicted molar refractivity (Wildman–Crippen MR) is 115 cm³/mol. The molecule has 3 heterocycles. The number of piperazine rings is 1. The number of nitrogens with zero attached hydrogens (tertiary/aromatic N) is 6. The van der Waals surface area contributed by atoms with Crippen LogP contribution in [0.4, 0.5) is 35.0 Å². The van der Waals surface area contributed by atoms with Gasteiger partial charge >= 0.3 is 6.18 Å². The highest BCUT2D eigenvalue weighted by atomic mass is 19.4. The number of hydrazone groups is 1. The summed E-state index contributed by atoms with van der Waals surface area (Å²) in [5, 5.41) is 5.98. The van der Waals surface area contributed by atoms with Crippen molar-refractivity contribution in [3.05, 3.63) is 41.8 Å². The molecule has 0 radical (unpaired) electrons. The lowest BCUT2D eigenvalue weighted by Crippen LogP contribution is -2.48. The summed E-state index contributed by atoms with van der Waals surface area (Å²) in [6, 6.07) is 5.11. The highest BCUT2D eigenvalue weighted by Gasteiger charge is 2.30. The highest BCUT2D eigenvalue weighted by molar-refractivity contribution is 5.57. The maximum absolute atomic E-state index is 14.1. The molecule has 2 aromatic rings. The van der Waals surface area contributed by atoms with Crippen LogP contribution in [0.1, 0.15) is 5.56 Å². The van der Waals surface area contributed by atoms with E-state index in [1.165, 1.54) is 6.07 Å². The van der Waals surface area contributed by atoms with Gasteiger partial charge in [-0.25, -0.2) is 19.8 Å².